The number of carbonyl (C=O) groups excluding carboxylic acids is 1. The second-order valence-corrected chi connectivity index (χ2v) is 3.31. The van der Waals surface area contributed by atoms with Gasteiger partial charge >= 0.3 is 0 Å². The fourth-order valence-electron chi connectivity index (χ4n) is 1.41. The minimum Gasteiger partial charge on any atom is -0.359 e. The maximum absolute atomic E-state index is 11.5. The Morgan fingerprint density at radius 3 is 2.88 bits per heavy atom. The van der Waals surface area contributed by atoms with Crippen molar-refractivity contribution in [2.24, 2.45) is 12.0 Å². The van der Waals surface area contributed by atoms with Gasteiger partial charge in [0.25, 0.3) is 0 Å². The summed E-state index contributed by atoms with van der Waals surface area (Å²) in [4.78, 5) is 19.8. The number of hydrogen-bond acceptors (Lipinski definition) is 4. The molecule has 0 aliphatic rings. The first-order valence-corrected chi connectivity index (χ1v) is 5.00. The molecule has 5 nitrogen and oxygen atoms in total. The van der Waals surface area contributed by atoms with Crippen LogP contribution in [0.1, 0.15) is 23.8 Å². The summed E-state index contributed by atoms with van der Waals surface area (Å²) in [6.07, 6.45) is 4.07. The highest BCUT2D eigenvalue weighted by Crippen LogP contribution is 2.22. The number of allylic oxidation sites excluding steroid dienone is 1. The molecule has 0 aliphatic heterocycles. The number of nitrogens with zero attached hydrogens (tertiary/aromatic N) is 3. The van der Waals surface area contributed by atoms with E-state index in [1.165, 1.54) is 6.92 Å². The Morgan fingerprint density at radius 2 is 2.38 bits per heavy atom. The summed E-state index contributed by atoms with van der Waals surface area (Å²) in [5, 5.41) is 2.91. The fraction of sp³-hybridized carbons (Fsp3) is 0.364. The van der Waals surface area contributed by atoms with E-state index in [4.69, 9.17) is 0 Å². The molecule has 0 aliphatic carbocycles. The van der Waals surface area contributed by atoms with Crippen molar-refractivity contribution in [2.75, 3.05) is 12.4 Å². The van der Waals surface area contributed by atoms with Gasteiger partial charge in [0.1, 0.15) is 5.69 Å². The standard InChI is InChI=1S/C11H16N4O/c1-5-6-7-13-10-9(8(2)16)15(4)11(12-3)14-10/h5,7H,1,6H2,2-4H3,(H,12,14). The number of rotatable bonds is 5. The van der Waals surface area contributed by atoms with Crippen LogP contribution in [0.4, 0.5) is 11.8 Å². The number of anilines is 1. The summed E-state index contributed by atoms with van der Waals surface area (Å²) >= 11 is 0. The highest BCUT2D eigenvalue weighted by Gasteiger charge is 2.16. The van der Waals surface area contributed by atoms with E-state index in [0.29, 0.717) is 23.9 Å². The van der Waals surface area contributed by atoms with Crippen LogP contribution in [0.5, 0.6) is 0 Å². The molecule has 1 N–H and O–H groups in total. The van der Waals surface area contributed by atoms with Gasteiger partial charge in [-0.05, 0) is 0 Å². The molecule has 0 fully saturated rings. The van der Waals surface area contributed by atoms with E-state index < -0.39 is 0 Å². The van der Waals surface area contributed by atoms with Gasteiger partial charge in [-0.2, -0.15) is 4.98 Å². The molecule has 1 aromatic rings. The molecule has 0 radical (unpaired) electrons. The third-order valence-corrected chi connectivity index (χ3v) is 2.12. The smallest absolute Gasteiger partial charge is 0.204 e. The van der Waals surface area contributed by atoms with E-state index >= 15 is 0 Å². The first-order chi connectivity index (χ1) is 7.61. The molecule has 0 saturated carbocycles. The van der Waals surface area contributed by atoms with E-state index in [-0.39, 0.29) is 5.78 Å². The number of imidazole rings is 1. The normalized spacial score (nSPS) is 10.7. The molecular formula is C11H16N4O. The lowest BCUT2D eigenvalue weighted by Crippen LogP contribution is -2.05. The molecule has 1 aromatic heterocycles. The van der Waals surface area contributed by atoms with Crippen molar-refractivity contribution in [3.8, 4) is 0 Å². The van der Waals surface area contributed by atoms with Gasteiger partial charge in [0.2, 0.25) is 5.95 Å². The van der Waals surface area contributed by atoms with Crippen LogP contribution in [-0.2, 0) is 7.05 Å². The second-order valence-electron chi connectivity index (χ2n) is 3.31. The van der Waals surface area contributed by atoms with Crippen molar-refractivity contribution < 1.29 is 4.79 Å². The van der Waals surface area contributed by atoms with E-state index in [9.17, 15) is 4.79 Å². The zero-order valence-corrected chi connectivity index (χ0v) is 9.82. The number of nitrogens with one attached hydrogen (secondary N) is 1. The van der Waals surface area contributed by atoms with Crippen molar-refractivity contribution in [1.82, 2.24) is 9.55 Å². The first kappa shape index (κ1) is 12.2. The van der Waals surface area contributed by atoms with E-state index in [1.54, 1.807) is 31.0 Å². The van der Waals surface area contributed by atoms with E-state index in [2.05, 4.69) is 21.9 Å². The van der Waals surface area contributed by atoms with Crippen LogP contribution >= 0.6 is 0 Å². The largest absolute Gasteiger partial charge is 0.359 e. The minimum atomic E-state index is -0.0535. The number of ketones is 1. The summed E-state index contributed by atoms with van der Waals surface area (Å²) < 4.78 is 1.70. The monoisotopic (exact) mass is 220 g/mol. The van der Waals surface area contributed by atoms with Crippen molar-refractivity contribution >= 4 is 23.8 Å². The van der Waals surface area contributed by atoms with Gasteiger partial charge in [-0.15, -0.1) is 6.58 Å². The number of aromatic nitrogens is 2. The van der Waals surface area contributed by atoms with Crippen molar-refractivity contribution in [3.05, 3.63) is 18.3 Å². The van der Waals surface area contributed by atoms with Crippen molar-refractivity contribution in [2.45, 2.75) is 13.3 Å². The Labute approximate surface area is 94.9 Å². The van der Waals surface area contributed by atoms with Gasteiger partial charge < -0.3 is 9.88 Å². The highest BCUT2D eigenvalue weighted by atomic mass is 16.1. The van der Waals surface area contributed by atoms with Gasteiger partial charge in [-0.3, -0.25) is 4.79 Å². The lowest BCUT2D eigenvalue weighted by molar-refractivity contribution is 0.101. The number of Topliss-reactive ketones (excluding diaryl/α,β-unsaturated/α-hetero) is 1. The quantitative estimate of drug-likeness (QED) is 0.468. The van der Waals surface area contributed by atoms with Gasteiger partial charge in [0.05, 0.1) is 0 Å². The van der Waals surface area contributed by atoms with Crippen LogP contribution in [-0.4, -0.2) is 28.6 Å². The Bertz CT molecular complexity index is 431. The molecule has 0 bridgehead atoms. The highest BCUT2D eigenvalue weighted by molar-refractivity contribution is 5.97. The zero-order chi connectivity index (χ0) is 12.1. The maximum Gasteiger partial charge on any atom is 0.204 e. The lowest BCUT2D eigenvalue weighted by Gasteiger charge is -2.01. The summed E-state index contributed by atoms with van der Waals surface area (Å²) in [5.74, 6) is 1.01. The van der Waals surface area contributed by atoms with Crippen molar-refractivity contribution in [1.29, 1.82) is 0 Å². The topological polar surface area (TPSA) is 59.3 Å². The summed E-state index contributed by atoms with van der Waals surface area (Å²) in [7, 11) is 3.53. The van der Waals surface area contributed by atoms with Crippen LogP contribution in [0, 0.1) is 0 Å². The summed E-state index contributed by atoms with van der Waals surface area (Å²) in [6, 6.07) is 0. The second kappa shape index (κ2) is 5.25. The number of hydrogen-bond donors (Lipinski definition) is 1. The molecule has 0 amide bonds. The molecule has 0 atom stereocenters. The molecule has 86 valence electrons. The number of aliphatic imine (C=N–C) groups is 1. The Morgan fingerprint density at radius 1 is 1.69 bits per heavy atom. The molecule has 0 unspecified atom stereocenters. The molecule has 0 spiro atoms. The molecule has 1 heterocycles. The van der Waals surface area contributed by atoms with Crippen LogP contribution in [0.25, 0.3) is 0 Å². The summed E-state index contributed by atoms with van der Waals surface area (Å²) in [6.45, 7) is 5.10. The molecule has 5 heteroatoms. The molecular weight excluding hydrogens is 204 g/mol. The average molecular weight is 220 g/mol. The zero-order valence-electron chi connectivity index (χ0n) is 9.82. The van der Waals surface area contributed by atoms with Gasteiger partial charge in [-0.1, -0.05) is 6.08 Å². The lowest BCUT2D eigenvalue weighted by atomic mass is 10.3. The SMILES string of the molecule is C=CCC=Nc1nc(NC)n(C)c1C(C)=O. The average Bonchev–Trinajstić information content (AvgIpc) is 2.55. The van der Waals surface area contributed by atoms with Crippen LogP contribution in [0.15, 0.2) is 17.6 Å². The van der Waals surface area contributed by atoms with Crippen molar-refractivity contribution in [3.63, 3.8) is 0 Å². The van der Waals surface area contributed by atoms with Gasteiger partial charge in [0, 0.05) is 33.7 Å². The molecule has 16 heavy (non-hydrogen) atoms. The molecule has 0 saturated heterocycles. The number of carbonyl (C=O) groups is 1. The summed E-state index contributed by atoms with van der Waals surface area (Å²) in [5.41, 5.74) is 0.504. The fourth-order valence-corrected chi connectivity index (χ4v) is 1.41. The molecule has 0 aromatic carbocycles. The van der Waals surface area contributed by atoms with E-state index in [0.717, 1.165) is 0 Å². The van der Waals surface area contributed by atoms with E-state index in [1.807, 2.05) is 0 Å². The third-order valence-electron chi connectivity index (χ3n) is 2.12. The Balaban J connectivity index is 3.16. The third kappa shape index (κ3) is 2.36. The minimum absolute atomic E-state index is 0.0535. The van der Waals surface area contributed by atoms with Crippen LogP contribution in [0.2, 0.25) is 0 Å². The predicted octanol–water partition coefficient (Wildman–Crippen LogP) is 1.94. The van der Waals surface area contributed by atoms with Gasteiger partial charge in [0.15, 0.2) is 11.6 Å². The maximum atomic E-state index is 11.5. The first-order valence-electron chi connectivity index (χ1n) is 5.00. The van der Waals surface area contributed by atoms with Gasteiger partial charge in [-0.25, -0.2) is 4.99 Å². The van der Waals surface area contributed by atoms with Crippen LogP contribution < -0.4 is 5.32 Å². The predicted molar refractivity (Wildman–Crippen MR) is 65.7 cm³/mol. The Kier molecular flexibility index (Phi) is 3.99. The van der Waals surface area contributed by atoms with Crippen LogP contribution in [0.3, 0.4) is 0 Å². The Hall–Kier alpha value is -1.91. The molecule has 1 rings (SSSR count).